The Kier molecular flexibility index (Phi) is 4.48. The van der Waals surface area contributed by atoms with E-state index in [4.69, 9.17) is 0 Å². The Morgan fingerprint density at radius 3 is 3.18 bits per heavy atom. The lowest BCUT2D eigenvalue weighted by atomic mass is 10.0. The Labute approximate surface area is 133 Å². The van der Waals surface area contributed by atoms with E-state index in [1.165, 1.54) is 5.56 Å². The molecular formula is C16H18N4OS. The number of carbonyl (C=O) groups excluding carboxylic acids is 1. The summed E-state index contributed by atoms with van der Waals surface area (Å²) in [6.07, 6.45) is 3.73. The fourth-order valence-electron chi connectivity index (χ4n) is 2.59. The quantitative estimate of drug-likeness (QED) is 0.696. The van der Waals surface area contributed by atoms with Crippen LogP contribution in [0.5, 0.6) is 0 Å². The minimum Gasteiger partial charge on any atom is -0.362 e. The van der Waals surface area contributed by atoms with Crippen molar-refractivity contribution in [2.24, 2.45) is 5.10 Å². The van der Waals surface area contributed by atoms with Crippen molar-refractivity contribution in [2.75, 3.05) is 18.0 Å². The van der Waals surface area contributed by atoms with Crippen LogP contribution in [0.15, 0.2) is 34.7 Å². The second-order valence-electron chi connectivity index (χ2n) is 5.24. The molecule has 0 fully saturated rings. The van der Waals surface area contributed by atoms with Crippen molar-refractivity contribution in [1.82, 2.24) is 10.4 Å². The maximum Gasteiger partial charge on any atom is 0.259 e. The van der Waals surface area contributed by atoms with E-state index in [1.807, 2.05) is 24.4 Å². The molecule has 1 aliphatic heterocycles. The Morgan fingerprint density at radius 2 is 2.36 bits per heavy atom. The highest BCUT2D eigenvalue weighted by molar-refractivity contribution is 7.09. The molecule has 5 nitrogen and oxygen atoms in total. The van der Waals surface area contributed by atoms with Crippen LogP contribution in [-0.4, -0.2) is 30.2 Å². The molecule has 1 aromatic carbocycles. The van der Waals surface area contributed by atoms with E-state index in [0.717, 1.165) is 35.8 Å². The molecule has 0 saturated carbocycles. The summed E-state index contributed by atoms with van der Waals surface area (Å²) in [6.45, 7) is 3.16. The highest BCUT2D eigenvalue weighted by Crippen LogP contribution is 2.26. The molecule has 3 rings (SSSR count). The van der Waals surface area contributed by atoms with Gasteiger partial charge in [0.05, 0.1) is 23.5 Å². The number of rotatable bonds is 4. The molecule has 0 unspecified atom stereocenters. The molecule has 114 valence electrons. The summed E-state index contributed by atoms with van der Waals surface area (Å²) in [5.41, 5.74) is 5.81. The summed E-state index contributed by atoms with van der Waals surface area (Å²) in [5, 5.41) is 6.86. The molecule has 22 heavy (non-hydrogen) atoms. The van der Waals surface area contributed by atoms with Gasteiger partial charge in [0.15, 0.2) is 0 Å². The molecular weight excluding hydrogens is 296 g/mol. The minimum atomic E-state index is -0.111. The third-order valence-corrected chi connectivity index (χ3v) is 4.36. The Balaban J connectivity index is 1.57. The maximum absolute atomic E-state index is 12.0. The molecule has 2 heterocycles. The van der Waals surface area contributed by atoms with Crippen molar-refractivity contribution >= 4 is 29.1 Å². The van der Waals surface area contributed by atoms with Crippen LogP contribution >= 0.6 is 11.3 Å². The molecule has 0 radical (unpaired) electrons. The smallest absolute Gasteiger partial charge is 0.259 e. The van der Waals surface area contributed by atoms with Gasteiger partial charge in [0.25, 0.3) is 5.91 Å². The van der Waals surface area contributed by atoms with Gasteiger partial charge < -0.3 is 4.90 Å². The summed E-state index contributed by atoms with van der Waals surface area (Å²) in [5.74, 6) is -0.111. The second-order valence-corrected chi connectivity index (χ2v) is 6.30. The van der Waals surface area contributed by atoms with Crippen molar-refractivity contribution in [3.05, 3.63) is 45.9 Å². The van der Waals surface area contributed by atoms with Gasteiger partial charge in [-0.1, -0.05) is 18.2 Å². The number of carbonyl (C=O) groups is 1. The maximum atomic E-state index is 12.0. The molecule has 1 N–H and O–H groups in total. The summed E-state index contributed by atoms with van der Waals surface area (Å²) in [4.78, 5) is 18.4. The first-order valence-electron chi connectivity index (χ1n) is 7.29. The zero-order chi connectivity index (χ0) is 15.4. The zero-order valence-electron chi connectivity index (χ0n) is 12.5. The topological polar surface area (TPSA) is 57.6 Å². The van der Waals surface area contributed by atoms with E-state index in [2.05, 4.69) is 32.5 Å². The Morgan fingerprint density at radius 1 is 1.50 bits per heavy atom. The van der Waals surface area contributed by atoms with Crippen LogP contribution < -0.4 is 10.3 Å². The van der Waals surface area contributed by atoms with E-state index >= 15 is 0 Å². The first kappa shape index (κ1) is 14.7. The summed E-state index contributed by atoms with van der Waals surface area (Å²) in [6, 6.07) is 8.26. The Bertz CT molecular complexity index is 695. The minimum absolute atomic E-state index is 0.111. The standard InChI is InChI=1S/C16H18N4OS/c1-12-18-14(11-22-12)9-17-19-16(21)10-20-8-4-6-13-5-2-3-7-15(13)20/h2-3,5,7,9,11H,4,6,8,10H2,1H3,(H,19,21)/b17-9-. The van der Waals surface area contributed by atoms with E-state index < -0.39 is 0 Å². The number of amides is 1. The third kappa shape index (κ3) is 3.51. The SMILES string of the molecule is Cc1nc(/C=N\NC(=O)CN2CCCc3ccccc32)cs1. The van der Waals surface area contributed by atoms with Crippen LogP contribution in [-0.2, 0) is 11.2 Å². The molecule has 2 aromatic rings. The lowest BCUT2D eigenvalue weighted by Crippen LogP contribution is -2.38. The summed E-state index contributed by atoms with van der Waals surface area (Å²) in [7, 11) is 0. The van der Waals surface area contributed by atoms with E-state index in [-0.39, 0.29) is 5.91 Å². The largest absolute Gasteiger partial charge is 0.362 e. The van der Waals surface area contributed by atoms with Gasteiger partial charge in [-0.2, -0.15) is 5.10 Å². The van der Waals surface area contributed by atoms with Crippen LogP contribution in [0.1, 0.15) is 22.7 Å². The van der Waals surface area contributed by atoms with Crippen LogP contribution in [0.3, 0.4) is 0 Å². The van der Waals surface area contributed by atoms with Crippen LogP contribution in [0.4, 0.5) is 5.69 Å². The van der Waals surface area contributed by atoms with Crippen molar-refractivity contribution in [2.45, 2.75) is 19.8 Å². The van der Waals surface area contributed by atoms with E-state index in [0.29, 0.717) is 6.54 Å². The third-order valence-electron chi connectivity index (χ3n) is 3.56. The molecule has 0 aliphatic carbocycles. The van der Waals surface area contributed by atoms with Gasteiger partial charge in [-0.3, -0.25) is 4.79 Å². The number of hydrazone groups is 1. The van der Waals surface area contributed by atoms with Crippen molar-refractivity contribution in [3.8, 4) is 0 Å². The number of nitrogens with zero attached hydrogens (tertiary/aromatic N) is 3. The molecule has 0 atom stereocenters. The number of thiazole rings is 1. The van der Waals surface area contributed by atoms with Gasteiger partial charge in [-0.05, 0) is 31.4 Å². The second kappa shape index (κ2) is 6.70. The van der Waals surface area contributed by atoms with E-state index in [9.17, 15) is 4.79 Å². The number of aromatic nitrogens is 1. The molecule has 6 heteroatoms. The molecule has 1 amide bonds. The average molecular weight is 314 g/mol. The number of hydrogen-bond acceptors (Lipinski definition) is 5. The number of fused-ring (bicyclic) bond motifs is 1. The van der Waals surface area contributed by atoms with Crippen molar-refractivity contribution in [1.29, 1.82) is 0 Å². The normalized spacial score (nSPS) is 14.1. The van der Waals surface area contributed by atoms with E-state index in [1.54, 1.807) is 17.6 Å². The molecule has 1 aliphatic rings. The summed E-state index contributed by atoms with van der Waals surface area (Å²) >= 11 is 1.56. The lowest BCUT2D eigenvalue weighted by molar-refractivity contribution is -0.119. The number of anilines is 1. The van der Waals surface area contributed by atoms with Crippen LogP contribution in [0.2, 0.25) is 0 Å². The van der Waals surface area contributed by atoms with Gasteiger partial charge in [0, 0.05) is 17.6 Å². The predicted molar refractivity (Wildman–Crippen MR) is 89.6 cm³/mol. The predicted octanol–water partition coefficient (Wildman–Crippen LogP) is 2.35. The van der Waals surface area contributed by atoms with Gasteiger partial charge in [-0.15, -0.1) is 11.3 Å². The number of benzene rings is 1. The zero-order valence-corrected chi connectivity index (χ0v) is 13.3. The first-order chi connectivity index (χ1) is 10.7. The van der Waals surface area contributed by atoms with Gasteiger partial charge in [0.1, 0.15) is 0 Å². The summed E-state index contributed by atoms with van der Waals surface area (Å²) < 4.78 is 0. The van der Waals surface area contributed by atoms with Gasteiger partial charge in [-0.25, -0.2) is 10.4 Å². The van der Waals surface area contributed by atoms with Gasteiger partial charge in [0.2, 0.25) is 0 Å². The number of hydrogen-bond donors (Lipinski definition) is 1. The molecule has 0 bridgehead atoms. The Hall–Kier alpha value is -2.21. The molecule has 0 saturated heterocycles. The van der Waals surface area contributed by atoms with Gasteiger partial charge >= 0.3 is 0 Å². The monoisotopic (exact) mass is 314 g/mol. The lowest BCUT2D eigenvalue weighted by Gasteiger charge is -2.30. The fourth-order valence-corrected chi connectivity index (χ4v) is 3.16. The number of nitrogens with one attached hydrogen (secondary N) is 1. The number of aryl methyl sites for hydroxylation is 2. The average Bonchev–Trinajstić information content (AvgIpc) is 2.93. The van der Waals surface area contributed by atoms with Crippen molar-refractivity contribution < 1.29 is 4.79 Å². The van der Waals surface area contributed by atoms with Crippen LogP contribution in [0, 0.1) is 6.92 Å². The highest BCUT2D eigenvalue weighted by atomic mass is 32.1. The highest BCUT2D eigenvalue weighted by Gasteiger charge is 2.18. The first-order valence-corrected chi connectivity index (χ1v) is 8.17. The van der Waals surface area contributed by atoms with Crippen molar-refractivity contribution in [3.63, 3.8) is 0 Å². The number of para-hydroxylation sites is 1. The fraction of sp³-hybridized carbons (Fsp3) is 0.312. The molecule has 0 spiro atoms. The molecule has 1 aromatic heterocycles. The van der Waals surface area contributed by atoms with Crippen LogP contribution in [0.25, 0.3) is 0 Å².